The van der Waals surface area contributed by atoms with Gasteiger partial charge >= 0.3 is 0 Å². The minimum Gasteiger partial charge on any atom is -0.308 e. The van der Waals surface area contributed by atoms with Gasteiger partial charge in [-0.1, -0.05) is 89.9 Å². The van der Waals surface area contributed by atoms with Crippen LogP contribution in [0.25, 0.3) is 47.7 Å². The van der Waals surface area contributed by atoms with E-state index in [1.54, 1.807) is 0 Å². The first kappa shape index (κ1) is 23.4. The Kier molecular flexibility index (Phi) is 5.07. The van der Waals surface area contributed by atoms with Gasteiger partial charge in [-0.15, -0.1) is 11.3 Å². The van der Waals surface area contributed by atoms with Gasteiger partial charge in [-0.05, 0) is 60.7 Å². The summed E-state index contributed by atoms with van der Waals surface area (Å²) < 4.78 is 7.36. The molecular weight excluding hydrogens is 531 g/mol. The first-order valence-electron chi connectivity index (χ1n) is 14.2. The molecule has 0 saturated carbocycles. The lowest BCUT2D eigenvalue weighted by molar-refractivity contribution is -0.319. The van der Waals surface area contributed by atoms with E-state index >= 15 is 0 Å². The van der Waals surface area contributed by atoms with Gasteiger partial charge < -0.3 is 4.57 Å². The summed E-state index contributed by atoms with van der Waals surface area (Å²) in [6.45, 7) is 0. The van der Waals surface area contributed by atoms with E-state index in [-0.39, 0.29) is 0 Å². The minimum absolute atomic E-state index is 0.964. The van der Waals surface area contributed by atoms with Crippen molar-refractivity contribution < 1.29 is 4.58 Å². The summed E-state index contributed by atoms with van der Waals surface area (Å²) in [4.78, 5) is 4.98. The van der Waals surface area contributed by atoms with Gasteiger partial charge in [-0.3, -0.25) is 0 Å². The van der Waals surface area contributed by atoms with Crippen LogP contribution < -0.4 is 0 Å². The number of aliphatic imine (C=N–C) groups is 1. The molecule has 0 atom stereocenters. The molecule has 1 aliphatic rings. The maximum atomic E-state index is 4.98. The van der Waals surface area contributed by atoms with Crippen LogP contribution in [0.3, 0.4) is 0 Å². The topological polar surface area (TPSA) is 20.3 Å². The number of nitrogens with zero attached hydrogens (tertiary/aromatic N) is 3. The SMILES string of the molecule is c1ccc(C2=NC(c3ccccc3)=[N+]2c2ccc(-n3c4ccccc4c4ccc5c6ccccc6sc5c43)cc2)cc1. The zero-order valence-corrected chi connectivity index (χ0v) is 23.4. The molecule has 0 fully saturated rings. The number of thiophene rings is 1. The molecule has 3 nitrogen and oxygen atoms in total. The van der Waals surface area contributed by atoms with Crippen LogP contribution in [-0.2, 0) is 0 Å². The summed E-state index contributed by atoms with van der Waals surface area (Å²) in [5.74, 6) is 1.93. The number of aromatic nitrogens is 1. The van der Waals surface area contributed by atoms with E-state index in [0.717, 1.165) is 34.2 Å². The third-order valence-corrected chi connectivity index (χ3v) is 9.44. The summed E-state index contributed by atoms with van der Waals surface area (Å²) in [7, 11) is 0. The Balaban J connectivity index is 1.25. The molecule has 4 heteroatoms. The predicted octanol–water partition coefficient (Wildman–Crippen LogP) is 9.70. The van der Waals surface area contributed by atoms with Gasteiger partial charge in [0.15, 0.2) is 0 Å². The number of rotatable bonds is 4. The highest BCUT2D eigenvalue weighted by Crippen LogP contribution is 2.43. The van der Waals surface area contributed by atoms with Crippen LogP contribution in [0, 0.1) is 0 Å². The third-order valence-electron chi connectivity index (χ3n) is 8.24. The lowest BCUT2D eigenvalue weighted by Gasteiger charge is -2.19. The molecule has 196 valence electrons. The van der Waals surface area contributed by atoms with Gasteiger partial charge in [-0.2, -0.15) is 4.58 Å². The molecule has 0 saturated heterocycles. The normalized spacial score (nSPS) is 13.3. The van der Waals surface area contributed by atoms with Gasteiger partial charge in [0.05, 0.1) is 26.9 Å². The molecule has 0 aliphatic carbocycles. The largest absolute Gasteiger partial charge is 0.308 e. The highest BCUT2D eigenvalue weighted by Gasteiger charge is 2.33. The second kappa shape index (κ2) is 9.10. The van der Waals surface area contributed by atoms with Crippen molar-refractivity contribution in [2.75, 3.05) is 0 Å². The summed E-state index contributed by atoms with van der Waals surface area (Å²) in [5.41, 5.74) is 6.95. The fourth-order valence-electron chi connectivity index (χ4n) is 6.31. The molecule has 2 aromatic heterocycles. The summed E-state index contributed by atoms with van der Waals surface area (Å²) in [6, 6.07) is 51.9. The lowest BCUT2D eigenvalue weighted by atomic mass is 10.1. The van der Waals surface area contributed by atoms with Crippen molar-refractivity contribution in [3.63, 3.8) is 0 Å². The van der Waals surface area contributed by atoms with E-state index in [9.17, 15) is 0 Å². The van der Waals surface area contributed by atoms with Gasteiger partial charge in [0, 0.05) is 31.9 Å². The molecule has 9 rings (SSSR count). The van der Waals surface area contributed by atoms with Crippen molar-refractivity contribution in [2.24, 2.45) is 4.99 Å². The summed E-state index contributed by atoms with van der Waals surface area (Å²) in [5, 5.41) is 5.20. The fraction of sp³-hybridized carbons (Fsp3) is 0. The highest BCUT2D eigenvalue weighted by molar-refractivity contribution is 7.26. The van der Waals surface area contributed by atoms with Crippen LogP contribution in [0.4, 0.5) is 5.69 Å². The number of para-hydroxylation sites is 1. The van der Waals surface area contributed by atoms with E-state index in [1.165, 1.54) is 42.0 Å². The standard InChI is InChI=1S/C38H24N3S/c1-3-11-25(12-4-1)37-39-38(26-13-5-2-6-14-26)41(37)28-21-19-27(20-22-28)40-33-17-9-7-15-29(33)31-23-24-32-30-16-8-10-18-34(30)42-36(32)35(31)40/h1-24H/q+1. The van der Waals surface area contributed by atoms with E-state index in [2.05, 4.69) is 143 Å². The smallest absolute Gasteiger partial charge is 0.279 e. The molecule has 0 spiro atoms. The Morgan fingerprint density at radius 2 is 1.17 bits per heavy atom. The molecule has 0 unspecified atom stereocenters. The van der Waals surface area contributed by atoms with Gasteiger partial charge in [0.25, 0.3) is 11.7 Å². The van der Waals surface area contributed by atoms with Crippen molar-refractivity contribution in [1.82, 2.24) is 4.57 Å². The number of hydrogen-bond donors (Lipinski definition) is 0. The average molecular weight is 555 g/mol. The molecule has 3 heterocycles. The Hall–Kier alpha value is -5.32. The van der Waals surface area contributed by atoms with Crippen LogP contribution in [0.2, 0.25) is 0 Å². The molecule has 0 amide bonds. The number of fused-ring (bicyclic) bond motifs is 7. The molecule has 0 radical (unpaired) electrons. The van der Waals surface area contributed by atoms with Crippen LogP contribution in [0.15, 0.2) is 151 Å². The van der Waals surface area contributed by atoms with Crippen molar-refractivity contribution in [1.29, 1.82) is 0 Å². The quantitative estimate of drug-likeness (QED) is 0.193. The van der Waals surface area contributed by atoms with E-state index in [4.69, 9.17) is 4.99 Å². The molecule has 42 heavy (non-hydrogen) atoms. The van der Waals surface area contributed by atoms with Crippen LogP contribution in [0.5, 0.6) is 0 Å². The van der Waals surface area contributed by atoms with Crippen molar-refractivity contribution in [3.8, 4) is 5.69 Å². The van der Waals surface area contributed by atoms with E-state index in [0.29, 0.717) is 0 Å². The third kappa shape index (κ3) is 3.39. The molecule has 1 aliphatic heterocycles. The van der Waals surface area contributed by atoms with Crippen LogP contribution in [0.1, 0.15) is 11.1 Å². The second-order valence-corrected chi connectivity index (χ2v) is 11.7. The number of benzene rings is 6. The Labute approximate surface area is 246 Å². The van der Waals surface area contributed by atoms with Crippen molar-refractivity contribution in [2.45, 2.75) is 0 Å². The minimum atomic E-state index is 0.964. The van der Waals surface area contributed by atoms with Gasteiger partial charge in [0.2, 0.25) is 0 Å². The first-order chi connectivity index (χ1) is 20.8. The molecule has 0 bridgehead atoms. The maximum Gasteiger partial charge on any atom is 0.279 e. The number of amidine groups is 2. The maximum absolute atomic E-state index is 4.98. The fourth-order valence-corrected chi connectivity index (χ4v) is 7.55. The first-order valence-corrected chi connectivity index (χ1v) is 15.0. The number of hydrogen-bond acceptors (Lipinski definition) is 2. The second-order valence-electron chi connectivity index (χ2n) is 10.6. The molecule has 8 aromatic rings. The average Bonchev–Trinajstić information content (AvgIpc) is 3.58. The lowest BCUT2D eigenvalue weighted by Crippen LogP contribution is -2.34. The molecular formula is C38H24N3S+. The van der Waals surface area contributed by atoms with E-state index < -0.39 is 0 Å². The van der Waals surface area contributed by atoms with Crippen molar-refractivity contribution >= 4 is 70.7 Å². The highest BCUT2D eigenvalue weighted by atomic mass is 32.1. The predicted molar refractivity (Wildman–Crippen MR) is 177 cm³/mol. The Morgan fingerprint density at radius 1 is 0.524 bits per heavy atom. The molecule has 0 N–H and O–H groups in total. The van der Waals surface area contributed by atoms with E-state index in [1.807, 2.05) is 23.5 Å². The Bertz CT molecular complexity index is 2380. The van der Waals surface area contributed by atoms with Crippen LogP contribution >= 0.6 is 11.3 Å². The van der Waals surface area contributed by atoms with Gasteiger partial charge in [0.1, 0.15) is 5.69 Å². The zero-order valence-electron chi connectivity index (χ0n) is 22.6. The summed E-state index contributed by atoms with van der Waals surface area (Å²) in [6.07, 6.45) is 0. The monoisotopic (exact) mass is 554 g/mol. The Morgan fingerprint density at radius 3 is 1.95 bits per heavy atom. The van der Waals surface area contributed by atoms with Crippen LogP contribution in [-0.4, -0.2) is 20.8 Å². The zero-order chi connectivity index (χ0) is 27.6. The van der Waals surface area contributed by atoms with Gasteiger partial charge in [-0.25, -0.2) is 0 Å². The van der Waals surface area contributed by atoms with Crippen molar-refractivity contribution in [3.05, 3.63) is 157 Å². The summed E-state index contributed by atoms with van der Waals surface area (Å²) >= 11 is 1.88. The molecule has 6 aromatic carbocycles.